The third-order valence-corrected chi connectivity index (χ3v) is 4.84. The van der Waals surface area contributed by atoms with Crippen LogP contribution in [0.25, 0.3) is 0 Å². The van der Waals surface area contributed by atoms with E-state index in [0.29, 0.717) is 19.0 Å². The second kappa shape index (κ2) is 6.70. The number of unbranched alkanes of at least 4 members (excludes halogenated alkanes) is 1. The number of nitrogens with zero attached hydrogens (tertiary/aromatic N) is 3. The van der Waals surface area contributed by atoms with Crippen LogP contribution in [0.1, 0.15) is 44.2 Å². The van der Waals surface area contributed by atoms with Crippen LogP contribution in [0.4, 0.5) is 5.95 Å². The minimum absolute atomic E-state index is 0.226. The van der Waals surface area contributed by atoms with Gasteiger partial charge in [-0.2, -0.15) is 10.1 Å². The quantitative estimate of drug-likeness (QED) is 0.847. The Morgan fingerprint density at radius 2 is 2.24 bits per heavy atom. The second-order valence-corrected chi connectivity index (χ2v) is 6.48. The van der Waals surface area contributed by atoms with Gasteiger partial charge >= 0.3 is 0 Å². The first-order valence-electron chi connectivity index (χ1n) is 8.90. The van der Waals surface area contributed by atoms with Crippen LogP contribution in [0.5, 0.6) is 5.75 Å². The summed E-state index contributed by atoms with van der Waals surface area (Å²) >= 11 is 0. The summed E-state index contributed by atoms with van der Waals surface area (Å²) < 4.78 is 7.84. The molecule has 2 atom stereocenters. The Balaban J connectivity index is 1.79. The molecule has 1 aromatic carbocycles. The van der Waals surface area contributed by atoms with Gasteiger partial charge in [-0.1, -0.05) is 37.6 Å². The number of ketones is 1. The molecule has 1 aliphatic carbocycles. The minimum atomic E-state index is -0.265. The zero-order valence-corrected chi connectivity index (χ0v) is 14.3. The Labute approximate surface area is 146 Å². The van der Waals surface area contributed by atoms with Gasteiger partial charge in [-0.25, -0.2) is 4.68 Å². The van der Waals surface area contributed by atoms with Crippen molar-refractivity contribution in [1.82, 2.24) is 14.8 Å². The van der Waals surface area contributed by atoms with Crippen LogP contribution in [0.15, 0.2) is 42.4 Å². The van der Waals surface area contributed by atoms with E-state index in [1.54, 1.807) is 0 Å². The normalized spacial score (nSPS) is 21.8. The number of hydrogen-bond donors (Lipinski definition) is 1. The summed E-state index contributed by atoms with van der Waals surface area (Å²) in [5.74, 6) is 1.46. The Hall–Kier alpha value is -2.63. The molecule has 4 rings (SSSR count). The van der Waals surface area contributed by atoms with Crippen molar-refractivity contribution in [2.75, 3.05) is 11.9 Å². The maximum Gasteiger partial charge on any atom is 0.226 e. The molecule has 0 saturated heterocycles. The molecule has 0 saturated carbocycles. The molecule has 1 aliphatic heterocycles. The van der Waals surface area contributed by atoms with Crippen LogP contribution in [-0.4, -0.2) is 27.2 Å². The number of Topliss-reactive ketones (excluding diaryl/α,β-unsaturated/α-hetero) is 1. The van der Waals surface area contributed by atoms with Crippen molar-refractivity contribution in [3.8, 4) is 5.75 Å². The predicted octanol–water partition coefficient (Wildman–Crippen LogP) is 3.33. The summed E-state index contributed by atoms with van der Waals surface area (Å²) in [6, 6.07) is 7.73. The fourth-order valence-electron chi connectivity index (χ4n) is 3.61. The standard InChI is InChI=1S/C19H22N4O2/c1-2-3-11-25-16-10-5-4-7-13(16)18-17-14(8-6-9-15(17)24)22-19-20-12-21-23(18)19/h4-5,7-8,10,12,17-18H,2-3,6,9,11H2,1H3,(H,20,21,22)/t17-,18-/m1/s1. The first-order chi connectivity index (χ1) is 12.3. The summed E-state index contributed by atoms with van der Waals surface area (Å²) in [4.78, 5) is 17.0. The Kier molecular flexibility index (Phi) is 4.26. The molecule has 1 aromatic heterocycles. The average Bonchev–Trinajstić information content (AvgIpc) is 3.09. The number of aromatic nitrogens is 3. The lowest BCUT2D eigenvalue weighted by Gasteiger charge is -2.36. The van der Waals surface area contributed by atoms with E-state index in [2.05, 4.69) is 28.4 Å². The van der Waals surface area contributed by atoms with Gasteiger partial charge in [-0.05, 0) is 18.9 Å². The zero-order valence-electron chi connectivity index (χ0n) is 14.3. The largest absolute Gasteiger partial charge is 0.493 e. The summed E-state index contributed by atoms with van der Waals surface area (Å²) in [5, 5.41) is 7.66. The van der Waals surface area contributed by atoms with Crippen molar-refractivity contribution in [3.63, 3.8) is 0 Å². The smallest absolute Gasteiger partial charge is 0.226 e. The van der Waals surface area contributed by atoms with Crippen molar-refractivity contribution < 1.29 is 9.53 Å². The molecule has 0 amide bonds. The monoisotopic (exact) mass is 338 g/mol. The van der Waals surface area contributed by atoms with Gasteiger partial charge in [0.15, 0.2) is 0 Å². The second-order valence-electron chi connectivity index (χ2n) is 6.48. The molecule has 0 fully saturated rings. The lowest BCUT2D eigenvalue weighted by molar-refractivity contribution is -0.123. The molecule has 0 radical (unpaired) electrons. The number of rotatable bonds is 5. The van der Waals surface area contributed by atoms with E-state index >= 15 is 0 Å². The van der Waals surface area contributed by atoms with Crippen LogP contribution in [0.2, 0.25) is 0 Å². The van der Waals surface area contributed by atoms with Gasteiger partial charge in [0, 0.05) is 17.7 Å². The molecule has 6 heteroatoms. The number of anilines is 1. The molecule has 2 heterocycles. The van der Waals surface area contributed by atoms with Crippen LogP contribution >= 0.6 is 0 Å². The SMILES string of the molecule is CCCCOc1ccccc1[C@@H]1[C@H]2C(=O)CCC=C2Nc2ncnn21. The molecule has 0 bridgehead atoms. The lowest BCUT2D eigenvalue weighted by atomic mass is 9.80. The Bertz CT molecular complexity index is 811. The summed E-state index contributed by atoms with van der Waals surface area (Å²) in [6.45, 7) is 2.81. The topological polar surface area (TPSA) is 69.0 Å². The summed E-state index contributed by atoms with van der Waals surface area (Å²) in [7, 11) is 0. The highest BCUT2D eigenvalue weighted by molar-refractivity contribution is 5.87. The Morgan fingerprint density at radius 3 is 3.12 bits per heavy atom. The van der Waals surface area contributed by atoms with Crippen molar-refractivity contribution in [3.05, 3.63) is 47.9 Å². The number of para-hydroxylation sites is 1. The van der Waals surface area contributed by atoms with Crippen LogP contribution in [-0.2, 0) is 4.79 Å². The van der Waals surface area contributed by atoms with Gasteiger partial charge in [0.2, 0.25) is 5.95 Å². The van der Waals surface area contributed by atoms with E-state index in [4.69, 9.17) is 4.74 Å². The van der Waals surface area contributed by atoms with Gasteiger partial charge in [0.05, 0.1) is 18.6 Å². The number of ether oxygens (including phenoxy) is 1. The molecule has 1 N–H and O–H groups in total. The van der Waals surface area contributed by atoms with Crippen LogP contribution in [0, 0.1) is 5.92 Å². The third-order valence-electron chi connectivity index (χ3n) is 4.84. The summed E-state index contributed by atoms with van der Waals surface area (Å²) in [5.41, 5.74) is 1.92. The van der Waals surface area contributed by atoms with Crippen LogP contribution < -0.4 is 10.1 Å². The van der Waals surface area contributed by atoms with E-state index in [1.807, 2.05) is 28.9 Å². The maximum absolute atomic E-state index is 12.7. The molecular formula is C19H22N4O2. The fourth-order valence-corrected chi connectivity index (χ4v) is 3.61. The van der Waals surface area contributed by atoms with Crippen molar-refractivity contribution in [2.24, 2.45) is 5.92 Å². The van der Waals surface area contributed by atoms with Gasteiger partial charge in [0.1, 0.15) is 17.9 Å². The van der Waals surface area contributed by atoms with E-state index in [0.717, 1.165) is 36.3 Å². The minimum Gasteiger partial charge on any atom is -0.493 e. The van der Waals surface area contributed by atoms with E-state index in [1.165, 1.54) is 6.33 Å². The molecule has 130 valence electrons. The van der Waals surface area contributed by atoms with Gasteiger partial charge in [0.25, 0.3) is 0 Å². The number of nitrogens with one attached hydrogen (secondary N) is 1. The van der Waals surface area contributed by atoms with Gasteiger partial charge in [-0.3, -0.25) is 4.79 Å². The van der Waals surface area contributed by atoms with E-state index in [9.17, 15) is 4.79 Å². The molecule has 0 unspecified atom stereocenters. The fraction of sp³-hybridized carbons (Fsp3) is 0.421. The first kappa shape index (κ1) is 15.9. The number of benzene rings is 1. The highest BCUT2D eigenvalue weighted by atomic mass is 16.5. The molecule has 25 heavy (non-hydrogen) atoms. The highest BCUT2D eigenvalue weighted by Gasteiger charge is 2.42. The van der Waals surface area contributed by atoms with Gasteiger partial charge in [-0.15, -0.1) is 0 Å². The number of fused-ring (bicyclic) bond motifs is 2. The number of hydrogen-bond acceptors (Lipinski definition) is 5. The molecule has 0 spiro atoms. The number of carbonyl (C=O) groups excluding carboxylic acids is 1. The first-order valence-corrected chi connectivity index (χ1v) is 8.90. The van der Waals surface area contributed by atoms with Crippen LogP contribution in [0.3, 0.4) is 0 Å². The van der Waals surface area contributed by atoms with Crippen molar-refractivity contribution in [2.45, 2.75) is 38.6 Å². The Morgan fingerprint density at radius 1 is 1.36 bits per heavy atom. The number of carbonyl (C=O) groups is 1. The third kappa shape index (κ3) is 2.81. The van der Waals surface area contributed by atoms with Crippen molar-refractivity contribution >= 4 is 11.7 Å². The maximum atomic E-state index is 12.7. The lowest BCUT2D eigenvalue weighted by Crippen LogP contribution is -2.39. The zero-order chi connectivity index (χ0) is 17.2. The molecular weight excluding hydrogens is 316 g/mol. The molecule has 2 aromatic rings. The predicted molar refractivity (Wildman–Crippen MR) is 94.4 cm³/mol. The molecule has 6 nitrogen and oxygen atoms in total. The average molecular weight is 338 g/mol. The molecule has 2 aliphatic rings. The van der Waals surface area contributed by atoms with E-state index in [-0.39, 0.29) is 17.7 Å². The number of allylic oxidation sites excluding steroid dienone is 2. The van der Waals surface area contributed by atoms with Crippen molar-refractivity contribution in [1.29, 1.82) is 0 Å². The van der Waals surface area contributed by atoms with Gasteiger partial charge < -0.3 is 10.1 Å². The summed E-state index contributed by atoms with van der Waals surface area (Å²) in [6.07, 6.45) is 7.05. The van der Waals surface area contributed by atoms with E-state index < -0.39 is 0 Å². The highest BCUT2D eigenvalue weighted by Crippen LogP contribution is 2.43.